The molecule has 0 saturated heterocycles. The van der Waals surface area contributed by atoms with Crippen LogP contribution < -0.4 is 10.1 Å². The molecular weight excluding hydrogens is 282 g/mol. The number of hydrogen-bond donors (Lipinski definition) is 1. The van der Waals surface area contributed by atoms with E-state index < -0.39 is 0 Å². The van der Waals surface area contributed by atoms with Gasteiger partial charge in [-0.1, -0.05) is 54.6 Å². The van der Waals surface area contributed by atoms with Crippen molar-refractivity contribution in [2.45, 2.75) is 12.5 Å². The number of ether oxygens (including phenoxy) is 1. The zero-order valence-electron chi connectivity index (χ0n) is 13.1. The minimum atomic E-state index is 0.248. The lowest BCUT2D eigenvalue weighted by Crippen LogP contribution is -2.19. The van der Waals surface area contributed by atoms with E-state index >= 15 is 0 Å². The van der Waals surface area contributed by atoms with Crippen molar-refractivity contribution < 1.29 is 4.74 Å². The molecule has 0 aliphatic carbocycles. The van der Waals surface area contributed by atoms with Crippen molar-refractivity contribution in [1.82, 2.24) is 0 Å². The maximum atomic E-state index is 5.44. The lowest BCUT2D eigenvalue weighted by Gasteiger charge is -2.30. The molecule has 0 radical (unpaired) electrons. The Labute approximate surface area is 136 Å². The number of rotatable bonds is 3. The number of benzene rings is 3. The highest BCUT2D eigenvalue weighted by Gasteiger charge is 2.24. The molecule has 2 heteroatoms. The Bertz CT molecular complexity index is 824. The van der Waals surface area contributed by atoms with E-state index in [2.05, 4.69) is 72.0 Å². The van der Waals surface area contributed by atoms with Crippen LogP contribution in [0.4, 0.5) is 5.69 Å². The van der Waals surface area contributed by atoms with Crippen LogP contribution in [0, 0.1) is 0 Å². The van der Waals surface area contributed by atoms with E-state index in [4.69, 9.17) is 4.74 Å². The van der Waals surface area contributed by atoms with E-state index in [1.165, 1.54) is 27.9 Å². The monoisotopic (exact) mass is 301 g/mol. The van der Waals surface area contributed by atoms with Gasteiger partial charge in [0.05, 0.1) is 13.2 Å². The Morgan fingerprint density at radius 3 is 2.48 bits per heavy atom. The summed E-state index contributed by atoms with van der Waals surface area (Å²) < 4.78 is 5.44. The molecule has 0 fully saturated rings. The summed E-state index contributed by atoms with van der Waals surface area (Å²) in [6, 6.07) is 25.7. The molecule has 0 spiro atoms. The number of fused-ring (bicyclic) bond motifs is 3. The molecule has 4 rings (SSSR count). The van der Waals surface area contributed by atoms with Gasteiger partial charge in [-0.3, -0.25) is 0 Å². The van der Waals surface area contributed by atoms with Gasteiger partial charge in [-0.25, -0.2) is 0 Å². The Morgan fingerprint density at radius 1 is 0.870 bits per heavy atom. The number of anilines is 1. The van der Waals surface area contributed by atoms with E-state index in [1.54, 1.807) is 7.11 Å². The molecule has 0 bridgehead atoms. The Morgan fingerprint density at radius 2 is 1.65 bits per heavy atom. The van der Waals surface area contributed by atoms with Crippen LogP contribution in [-0.4, -0.2) is 7.11 Å². The van der Waals surface area contributed by atoms with Gasteiger partial charge >= 0.3 is 0 Å². The molecule has 2 nitrogen and oxygen atoms in total. The molecule has 114 valence electrons. The Kier molecular flexibility index (Phi) is 3.51. The van der Waals surface area contributed by atoms with E-state index in [1.807, 2.05) is 6.07 Å². The summed E-state index contributed by atoms with van der Waals surface area (Å²) in [6.45, 7) is 0. The van der Waals surface area contributed by atoms with Gasteiger partial charge in [0.25, 0.3) is 0 Å². The largest absolute Gasteiger partial charge is 0.497 e. The van der Waals surface area contributed by atoms with Crippen LogP contribution in [0.3, 0.4) is 0 Å². The summed E-state index contributed by atoms with van der Waals surface area (Å²) in [4.78, 5) is 0. The van der Waals surface area contributed by atoms with Crippen LogP contribution in [0.25, 0.3) is 11.1 Å². The van der Waals surface area contributed by atoms with E-state index in [9.17, 15) is 0 Å². The Balaban J connectivity index is 1.80. The van der Waals surface area contributed by atoms with Gasteiger partial charge in [0, 0.05) is 11.3 Å². The van der Waals surface area contributed by atoms with Crippen molar-refractivity contribution in [3.8, 4) is 16.9 Å². The second kappa shape index (κ2) is 5.81. The van der Waals surface area contributed by atoms with Gasteiger partial charge < -0.3 is 10.1 Å². The van der Waals surface area contributed by atoms with Gasteiger partial charge in [-0.15, -0.1) is 0 Å². The molecule has 3 aromatic carbocycles. The number of methoxy groups -OCH3 is 1. The summed E-state index contributed by atoms with van der Waals surface area (Å²) in [6.07, 6.45) is 0.954. The van der Waals surface area contributed by atoms with Crippen molar-refractivity contribution >= 4 is 5.69 Å². The van der Waals surface area contributed by atoms with Crippen LogP contribution >= 0.6 is 0 Å². The fourth-order valence-electron chi connectivity index (χ4n) is 3.32. The number of nitrogens with one attached hydrogen (secondary N) is 1. The van der Waals surface area contributed by atoms with Crippen molar-refractivity contribution in [2.24, 2.45) is 0 Å². The minimum absolute atomic E-state index is 0.248. The third-order valence-corrected chi connectivity index (χ3v) is 4.46. The first-order chi connectivity index (χ1) is 11.3. The summed E-state index contributed by atoms with van der Waals surface area (Å²) in [7, 11) is 1.72. The van der Waals surface area contributed by atoms with Crippen LogP contribution in [0.5, 0.6) is 5.75 Å². The minimum Gasteiger partial charge on any atom is -0.497 e. The number of para-hydroxylation sites is 1. The average Bonchev–Trinajstić information content (AvgIpc) is 2.62. The van der Waals surface area contributed by atoms with E-state index in [0.29, 0.717) is 0 Å². The third-order valence-electron chi connectivity index (χ3n) is 4.46. The quantitative estimate of drug-likeness (QED) is 0.729. The fourth-order valence-corrected chi connectivity index (χ4v) is 3.32. The topological polar surface area (TPSA) is 21.3 Å². The van der Waals surface area contributed by atoms with E-state index in [-0.39, 0.29) is 6.04 Å². The summed E-state index contributed by atoms with van der Waals surface area (Å²) in [5, 5.41) is 3.70. The second-order valence-corrected chi connectivity index (χ2v) is 5.89. The summed E-state index contributed by atoms with van der Waals surface area (Å²) in [5.74, 6) is 0.906. The van der Waals surface area contributed by atoms with Gasteiger partial charge in [-0.2, -0.15) is 0 Å². The number of hydrogen-bond acceptors (Lipinski definition) is 2. The molecule has 1 unspecified atom stereocenters. The van der Waals surface area contributed by atoms with Crippen molar-refractivity contribution in [3.05, 3.63) is 83.9 Å². The second-order valence-electron chi connectivity index (χ2n) is 5.89. The first-order valence-corrected chi connectivity index (χ1v) is 7.93. The van der Waals surface area contributed by atoms with Crippen LogP contribution in [0.15, 0.2) is 72.8 Å². The van der Waals surface area contributed by atoms with Gasteiger partial charge in [0.15, 0.2) is 0 Å². The molecule has 23 heavy (non-hydrogen) atoms. The van der Waals surface area contributed by atoms with Crippen LogP contribution in [0.2, 0.25) is 0 Å². The van der Waals surface area contributed by atoms with E-state index in [0.717, 1.165) is 12.2 Å². The molecule has 3 aromatic rings. The lowest BCUT2D eigenvalue weighted by molar-refractivity contribution is 0.414. The van der Waals surface area contributed by atoms with Crippen LogP contribution in [0.1, 0.15) is 17.2 Å². The standard InChI is InChI=1S/C21H19NO/c1-23-16-11-12-17-18-9-5-6-10-20(18)22-21(19(17)14-16)13-15-7-3-2-4-8-15/h2-12,14,21-22H,13H2,1H3. The molecular formula is C21H19NO. The van der Waals surface area contributed by atoms with Gasteiger partial charge in [-0.05, 0) is 41.3 Å². The maximum absolute atomic E-state index is 5.44. The smallest absolute Gasteiger partial charge is 0.119 e. The van der Waals surface area contributed by atoms with Gasteiger partial charge in [0.1, 0.15) is 5.75 Å². The zero-order valence-corrected chi connectivity index (χ0v) is 13.1. The maximum Gasteiger partial charge on any atom is 0.119 e. The molecule has 0 amide bonds. The molecule has 1 N–H and O–H groups in total. The molecule has 1 atom stereocenters. The molecule has 1 aliphatic heterocycles. The highest BCUT2D eigenvalue weighted by atomic mass is 16.5. The predicted octanol–water partition coefficient (Wildman–Crippen LogP) is 5.07. The van der Waals surface area contributed by atoms with Crippen molar-refractivity contribution in [2.75, 3.05) is 12.4 Å². The predicted molar refractivity (Wildman–Crippen MR) is 94.9 cm³/mol. The van der Waals surface area contributed by atoms with Crippen LogP contribution in [-0.2, 0) is 6.42 Å². The Hall–Kier alpha value is -2.74. The summed E-state index contributed by atoms with van der Waals surface area (Å²) in [5.41, 5.74) is 6.38. The van der Waals surface area contributed by atoms with Crippen molar-refractivity contribution in [1.29, 1.82) is 0 Å². The normalized spacial score (nSPS) is 15.3. The molecule has 1 aliphatic rings. The SMILES string of the molecule is COc1ccc2c(c1)C(Cc1ccccc1)Nc1ccccc1-2. The van der Waals surface area contributed by atoms with Gasteiger partial charge in [0.2, 0.25) is 0 Å². The van der Waals surface area contributed by atoms with Crippen molar-refractivity contribution in [3.63, 3.8) is 0 Å². The molecule has 0 saturated carbocycles. The zero-order chi connectivity index (χ0) is 15.6. The summed E-state index contributed by atoms with van der Waals surface area (Å²) >= 11 is 0. The third kappa shape index (κ3) is 2.57. The molecule has 1 heterocycles. The highest BCUT2D eigenvalue weighted by Crippen LogP contribution is 2.42. The highest BCUT2D eigenvalue weighted by molar-refractivity contribution is 5.84. The fraction of sp³-hybridized carbons (Fsp3) is 0.143. The first-order valence-electron chi connectivity index (χ1n) is 7.93. The molecule has 0 aromatic heterocycles. The first kappa shape index (κ1) is 13.9. The lowest BCUT2D eigenvalue weighted by atomic mass is 9.87. The average molecular weight is 301 g/mol.